The Kier molecular flexibility index (Phi) is 4.97. The van der Waals surface area contributed by atoms with E-state index in [2.05, 4.69) is 5.32 Å². The highest BCUT2D eigenvalue weighted by molar-refractivity contribution is 6.20. The minimum Gasteiger partial charge on any atom is -0.383 e. The second kappa shape index (κ2) is 7.16. The van der Waals surface area contributed by atoms with Crippen LogP contribution in [0, 0.1) is 5.92 Å². The minimum absolute atomic E-state index is 0.146. The van der Waals surface area contributed by atoms with E-state index < -0.39 is 58.5 Å². The first-order valence-corrected chi connectivity index (χ1v) is 10.00. The lowest BCUT2D eigenvalue weighted by Crippen LogP contribution is -2.61. The maximum atomic E-state index is 13.4. The molecule has 3 aliphatic rings. The molecule has 1 aromatic rings. The van der Waals surface area contributed by atoms with Crippen molar-refractivity contribution in [3.05, 3.63) is 48.0 Å². The highest BCUT2D eigenvalue weighted by Gasteiger charge is 2.79. The molecule has 3 aliphatic heterocycles. The van der Waals surface area contributed by atoms with Gasteiger partial charge in [0.1, 0.15) is 0 Å². The molecule has 9 nitrogen and oxygen atoms in total. The molecular weight excluding hydrogens is 406 g/mol. The van der Waals surface area contributed by atoms with Crippen LogP contribution in [0.25, 0.3) is 0 Å². The van der Waals surface area contributed by atoms with E-state index >= 15 is 0 Å². The minimum atomic E-state index is -2.54. The number of carbonyl (C=O) groups excluding carboxylic acids is 4. The number of benzene rings is 1. The van der Waals surface area contributed by atoms with Crippen molar-refractivity contribution in [2.24, 2.45) is 5.92 Å². The topological polar surface area (TPSA) is 128 Å². The molecule has 3 heterocycles. The van der Waals surface area contributed by atoms with E-state index in [1.807, 2.05) is 6.92 Å². The van der Waals surface area contributed by atoms with Crippen molar-refractivity contribution in [2.45, 2.75) is 49.6 Å². The summed E-state index contributed by atoms with van der Waals surface area (Å²) < 4.78 is 16.9. The third kappa shape index (κ3) is 2.64. The number of rotatable bonds is 4. The first-order valence-electron chi connectivity index (χ1n) is 10.00. The van der Waals surface area contributed by atoms with Crippen molar-refractivity contribution in [3.8, 4) is 0 Å². The molecule has 0 saturated carbocycles. The molecule has 0 bridgehead atoms. The van der Waals surface area contributed by atoms with Gasteiger partial charge in [-0.2, -0.15) is 0 Å². The smallest absolute Gasteiger partial charge is 0.265 e. The van der Waals surface area contributed by atoms with E-state index in [9.17, 15) is 24.3 Å². The zero-order valence-corrected chi connectivity index (χ0v) is 17.3. The Bertz CT molecular complexity index is 990. The van der Waals surface area contributed by atoms with E-state index in [1.54, 1.807) is 24.3 Å². The number of hydrogen-bond donors (Lipinski definition) is 2. The van der Waals surface area contributed by atoms with Gasteiger partial charge in [-0.25, -0.2) is 0 Å². The normalized spacial score (nSPS) is 39.5. The number of nitrogens with one attached hydrogen (secondary N) is 1. The molecule has 164 valence electrons. The Balaban J connectivity index is 1.80. The van der Waals surface area contributed by atoms with Gasteiger partial charge in [-0.05, 0) is 19.4 Å². The number of ketones is 3. The predicted octanol–water partition coefficient (Wildman–Crippen LogP) is 0.307. The maximum absolute atomic E-state index is 13.4. The molecule has 2 fully saturated rings. The Hall–Kier alpha value is -2.72. The van der Waals surface area contributed by atoms with E-state index in [-0.39, 0.29) is 5.56 Å². The van der Waals surface area contributed by atoms with E-state index in [4.69, 9.17) is 14.2 Å². The average molecular weight is 429 g/mol. The lowest BCUT2D eigenvalue weighted by Gasteiger charge is -2.37. The zero-order valence-electron chi connectivity index (χ0n) is 17.3. The molecule has 0 radical (unpaired) electrons. The number of hydrogen-bond acceptors (Lipinski definition) is 8. The molecule has 31 heavy (non-hydrogen) atoms. The van der Waals surface area contributed by atoms with Gasteiger partial charge >= 0.3 is 0 Å². The van der Waals surface area contributed by atoms with Gasteiger partial charge < -0.3 is 24.6 Å². The number of aliphatic hydroxyl groups is 1. The first kappa shape index (κ1) is 21.5. The molecule has 2 N–H and O–H groups in total. The number of ether oxygens (including phenoxy) is 3. The van der Waals surface area contributed by atoms with Gasteiger partial charge in [-0.1, -0.05) is 43.3 Å². The van der Waals surface area contributed by atoms with Crippen LogP contribution in [0.2, 0.25) is 0 Å². The van der Waals surface area contributed by atoms with Crippen LogP contribution in [-0.4, -0.2) is 64.8 Å². The standard InChI is InChI=1S/C22H23NO8/c1-4-14-10-11-15(24)22(30-14)12(2)16(25)20(31-22)18(27)21(29-3,23-19(20)28)17(26)13-8-6-5-7-9-13/h5-12,14,18,27H,4H2,1-3H3,(H,23,28)/t12-,14+,18-,20-,21+,22+/m1/s1. The SMILES string of the molecule is CC[C@H]1C=CC(=O)[C@@]2(O1)O[C@]1(C(=O)N[C@](OC)(C(=O)c3ccccc3)[C@@H]1O)C(=O)[C@H]2C. The molecule has 0 unspecified atom stereocenters. The summed E-state index contributed by atoms with van der Waals surface area (Å²) in [5, 5.41) is 13.6. The van der Waals surface area contributed by atoms with Gasteiger partial charge in [0.05, 0.1) is 12.0 Å². The van der Waals surface area contributed by atoms with Crippen LogP contribution >= 0.6 is 0 Å². The summed E-state index contributed by atoms with van der Waals surface area (Å²) in [4.78, 5) is 52.5. The Morgan fingerprint density at radius 3 is 2.52 bits per heavy atom. The van der Waals surface area contributed by atoms with Gasteiger partial charge in [-0.15, -0.1) is 0 Å². The molecule has 0 aliphatic carbocycles. The van der Waals surface area contributed by atoms with Crippen molar-refractivity contribution in [1.29, 1.82) is 0 Å². The lowest BCUT2D eigenvalue weighted by molar-refractivity contribution is -0.270. The molecule has 1 aromatic carbocycles. The Labute approximate surface area is 178 Å². The van der Waals surface area contributed by atoms with Crippen LogP contribution in [0.5, 0.6) is 0 Å². The van der Waals surface area contributed by atoms with E-state index in [1.165, 1.54) is 25.1 Å². The maximum Gasteiger partial charge on any atom is 0.265 e. The molecule has 9 heteroatoms. The summed E-state index contributed by atoms with van der Waals surface area (Å²) in [6.45, 7) is 3.22. The van der Waals surface area contributed by atoms with Crippen molar-refractivity contribution < 1.29 is 38.5 Å². The van der Waals surface area contributed by atoms with E-state index in [0.29, 0.717) is 6.42 Å². The second-order valence-corrected chi connectivity index (χ2v) is 7.87. The first-order chi connectivity index (χ1) is 14.7. The van der Waals surface area contributed by atoms with Crippen LogP contribution < -0.4 is 5.32 Å². The van der Waals surface area contributed by atoms with E-state index in [0.717, 1.165) is 7.11 Å². The summed E-state index contributed by atoms with van der Waals surface area (Å²) in [5.41, 5.74) is -4.68. The fraction of sp³-hybridized carbons (Fsp3) is 0.455. The summed E-state index contributed by atoms with van der Waals surface area (Å²) >= 11 is 0. The monoisotopic (exact) mass is 429 g/mol. The summed E-state index contributed by atoms with van der Waals surface area (Å²) in [5.74, 6) is -6.64. The van der Waals surface area contributed by atoms with Crippen molar-refractivity contribution in [1.82, 2.24) is 5.32 Å². The quantitative estimate of drug-likeness (QED) is 0.517. The van der Waals surface area contributed by atoms with Gasteiger partial charge in [0, 0.05) is 12.7 Å². The number of aliphatic hydroxyl groups excluding tert-OH is 1. The van der Waals surface area contributed by atoms with Crippen LogP contribution in [0.3, 0.4) is 0 Å². The van der Waals surface area contributed by atoms with Crippen molar-refractivity contribution in [2.75, 3.05) is 7.11 Å². The van der Waals surface area contributed by atoms with Gasteiger partial charge in [0.2, 0.25) is 28.7 Å². The molecule has 2 saturated heterocycles. The number of carbonyl (C=O) groups is 4. The predicted molar refractivity (Wildman–Crippen MR) is 105 cm³/mol. The summed E-state index contributed by atoms with van der Waals surface area (Å²) in [6, 6.07) is 7.88. The van der Waals surface area contributed by atoms with Crippen LogP contribution in [0.4, 0.5) is 0 Å². The van der Waals surface area contributed by atoms with Gasteiger partial charge in [0.25, 0.3) is 5.91 Å². The highest BCUT2D eigenvalue weighted by atomic mass is 16.7. The van der Waals surface area contributed by atoms with Gasteiger partial charge in [-0.3, -0.25) is 19.2 Å². The van der Waals surface area contributed by atoms with Crippen LogP contribution in [-0.2, 0) is 28.6 Å². The third-order valence-electron chi connectivity index (χ3n) is 6.28. The summed E-state index contributed by atoms with van der Waals surface area (Å²) in [7, 11) is 1.13. The van der Waals surface area contributed by atoms with Crippen LogP contribution in [0.15, 0.2) is 42.5 Å². The van der Waals surface area contributed by atoms with Crippen molar-refractivity contribution >= 4 is 23.3 Å². The van der Waals surface area contributed by atoms with Crippen molar-refractivity contribution in [3.63, 3.8) is 0 Å². The average Bonchev–Trinajstić information content (AvgIpc) is 3.15. The molecule has 4 rings (SSSR count). The largest absolute Gasteiger partial charge is 0.383 e. The number of methoxy groups -OCH3 is 1. The summed E-state index contributed by atoms with van der Waals surface area (Å²) in [6.07, 6.45) is 0.692. The van der Waals surface area contributed by atoms with Crippen LogP contribution in [0.1, 0.15) is 30.6 Å². The Morgan fingerprint density at radius 2 is 1.90 bits per heavy atom. The number of Topliss-reactive ketones (excluding diaryl/α,β-unsaturated/α-hetero) is 2. The molecule has 1 amide bonds. The zero-order chi connectivity index (χ0) is 22.6. The molecule has 0 aromatic heterocycles. The fourth-order valence-electron chi connectivity index (χ4n) is 4.44. The number of amides is 1. The third-order valence-corrected chi connectivity index (χ3v) is 6.28. The Morgan fingerprint density at radius 1 is 1.23 bits per heavy atom. The molecule has 2 spiro atoms. The second-order valence-electron chi connectivity index (χ2n) is 7.87. The fourth-order valence-corrected chi connectivity index (χ4v) is 4.44. The molecular formula is C22H23NO8. The lowest BCUT2D eigenvalue weighted by atomic mass is 9.82. The van der Waals surface area contributed by atoms with Gasteiger partial charge in [0.15, 0.2) is 11.9 Å². The molecule has 6 atom stereocenters. The highest BCUT2D eigenvalue weighted by Crippen LogP contribution is 2.50.